The van der Waals surface area contributed by atoms with Crippen LogP contribution in [0.3, 0.4) is 0 Å². The number of rotatable bonds is 3. The van der Waals surface area contributed by atoms with Crippen molar-refractivity contribution >= 4 is 23.4 Å². The highest BCUT2D eigenvalue weighted by Gasteiger charge is 2.27. The van der Waals surface area contributed by atoms with Crippen molar-refractivity contribution in [3.8, 4) is 0 Å². The summed E-state index contributed by atoms with van der Waals surface area (Å²) < 4.78 is 0. The summed E-state index contributed by atoms with van der Waals surface area (Å²) in [5, 5.41) is 0. The van der Waals surface area contributed by atoms with Crippen molar-refractivity contribution in [3.05, 3.63) is 54.1 Å². The van der Waals surface area contributed by atoms with Gasteiger partial charge < -0.3 is 4.90 Å². The SMILES string of the molecule is O=C1c2ccccc2Sc2ccccc2N1CCC1CCCCC1. The first-order valence-electron chi connectivity index (χ1n) is 9.01. The maximum Gasteiger partial charge on any atom is 0.259 e. The number of hydrogen-bond acceptors (Lipinski definition) is 2. The number of fused-ring (bicyclic) bond motifs is 2. The van der Waals surface area contributed by atoms with Crippen LogP contribution in [-0.2, 0) is 0 Å². The Bertz CT molecular complexity index is 736. The van der Waals surface area contributed by atoms with E-state index in [1.807, 2.05) is 29.2 Å². The number of benzene rings is 2. The van der Waals surface area contributed by atoms with Crippen LogP contribution in [0.2, 0.25) is 0 Å². The number of anilines is 1. The molecule has 1 aliphatic heterocycles. The van der Waals surface area contributed by atoms with Crippen LogP contribution in [0.15, 0.2) is 58.3 Å². The van der Waals surface area contributed by atoms with Gasteiger partial charge >= 0.3 is 0 Å². The molecule has 1 fully saturated rings. The van der Waals surface area contributed by atoms with Crippen molar-refractivity contribution < 1.29 is 4.79 Å². The van der Waals surface area contributed by atoms with E-state index < -0.39 is 0 Å². The molecule has 0 bridgehead atoms. The molecular formula is C21H23NOS. The van der Waals surface area contributed by atoms with Crippen LogP contribution < -0.4 is 4.90 Å². The molecule has 2 aromatic carbocycles. The molecule has 0 spiro atoms. The molecular weight excluding hydrogens is 314 g/mol. The Kier molecular flexibility index (Phi) is 4.61. The molecule has 3 heteroatoms. The maximum atomic E-state index is 13.2. The molecule has 0 unspecified atom stereocenters. The summed E-state index contributed by atoms with van der Waals surface area (Å²) in [5.74, 6) is 0.934. The van der Waals surface area contributed by atoms with Crippen molar-refractivity contribution in [1.82, 2.24) is 0 Å². The lowest BCUT2D eigenvalue weighted by Gasteiger charge is -2.27. The number of para-hydroxylation sites is 1. The summed E-state index contributed by atoms with van der Waals surface area (Å²) in [6, 6.07) is 16.3. The third-order valence-electron chi connectivity index (χ3n) is 5.22. The first kappa shape index (κ1) is 15.8. The highest BCUT2D eigenvalue weighted by atomic mass is 32.2. The van der Waals surface area contributed by atoms with Crippen LogP contribution >= 0.6 is 11.8 Å². The van der Waals surface area contributed by atoms with Gasteiger partial charge in [0.25, 0.3) is 5.91 Å². The van der Waals surface area contributed by atoms with Gasteiger partial charge in [-0.25, -0.2) is 0 Å². The Hall–Kier alpha value is -1.74. The summed E-state index contributed by atoms with van der Waals surface area (Å²) >= 11 is 1.71. The smallest absolute Gasteiger partial charge is 0.259 e. The normalized spacial score (nSPS) is 18.0. The van der Waals surface area contributed by atoms with Crippen LogP contribution in [0.25, 0.3) is 0 Å². The van der Waals surface area contributed by atoms with E-state index in [0.29, 0.717) is 0 Å². The Morgan fingerprint density at radius 2 is 1.62 bits per heavy atom. The van der Waals surface area contributed by atoms with Crippen LogP contribution in [-0.4, -0.2) is 12.5 Å². The van der Waals surface area contributed by atoms with E-state index in [1.54, 1.807) is 11.8 Å². The molecule has 0 atom stereocenters. The average molecular weight is 337 g/mol. The summed E-state index contributed by atoms with van der Waals surface area (Å²) in [6.45, 7) is 0.829. The van der Waals surface area contributed by atoms with Crippen molar-refractivity contribution in [2.75, 3.05) is 11.4 Å². The molecule has 0 saturated heterocycles. The van der Waals surface area contributed by atoms with Crippen LogP contribution in [0, 0.1) is 5.92 Å². The number of amides is 1. The highest BCUT2D eigenvalue weighted by Crippen LogP contribution is 2.41. The summed E-state index contributed by atoms with van der Waals surface area (Å²) in [7, 11) is 0. The molecule has 1 aliphatic carbocycles. The van der Waals surface area contributed by atoms with Gasteiger partial charge in [0.05, 0.1) is 11.3 Å². The van der Waals surface area contributed by atoms with Crippen molar-refractivity contribution in [1.29, 1.82) is 0 Å². The Labute approximate surface area is 148 Å². The minimum atomic E-state index is 0.152. The van der Waals surface area contributed by atoms with Gasteiger partial charge in [0.2, 0.25) is 0 Å². The predicted octanol–water partition coefficient (Wildman–Crippen LogP) is 5.77. The van der Waals surface area contributed by atoms with Gasteiger partial charge in [0.15, 0.2) is 0 Å². The first-order chi connectivity index (χ1) is 11.8. The topological polar surface area (TPSA) is 20.3 Å². The number of nitrogens with zero attached hydrogens (tertiary/aromatic N) is 1. The lowest BCUT2D eigenvalue weighted by molar-refractivity contribution is 0.0982. The molecule has 2 aromatic rings. The zero-order valence-corrected chi connectivity index (χ0v) is 14.7. The Morgan fingerprint density at radius 3 is 2.46 bits per heavy atom. The van der Waals surface area contributed by atoms with E-state index in [1.165, 1.54) is 37.0 Å². The van der Waals surface area contributed by atoms with Gasteiger partial charge in [-0.3, -0.25) is 4.79 Å². The second-order valence-electron chi connectivity index (χ2n) is 6.82. The average Bonchev–Trinajstić information content (AvgIpc) is 2.75. The van der Waals surface area contributed by atoms with E-state index >= 15 is 0 Å². The van der Waals surface area contributed by atoms with Crippen LogP contribution in [0.1, 0.15) is 48.9 Å². The second-order valence-corrected chi connectivity index (χ2v) is 7.90. The predicted molar refractivity (Wildman–Crippen MR) is 99.9 cm³/mol. The molecule has 1 amide bonds. The first-order valence-corrected chi connectivity index (χ1v) is 9.82. The van der Waals surface area contributed by atoms with E-state index in [4.69, 9.17) is 0 Å². The van der Waals surface area contributed by atoms with Crippen molar-refractivity contribution in [3.63, 3.8) is 0 Å². The van der Waals surface area contributed by atoms with Gasteiger partial charge in [-0.2, -0.15) is 0 Å². The third kappa shape index (κ3) is 3.10. The summed E-state index contributed by atoms with van der Waals surface area (Å²) in [4.78, 5) is 17.4. The third-order valence-corrected chi connectivity index (χ3v) is 6.37. The quantitative estimate of drug-likeness (QED) is 0.709. The fraction of sp³-hybridized carbons (Fsp3) is 0.381. The molecule has 0 aromatic heterocycles. The van der Waals surface area contributed by atoms with E-state index in [-0.39, 0.29) is 5.91 Å². The zero-order chi connectivity index (χ0) is 16.4. The van der Waals surface area contributed by atoms with Crippen LogP contribution in [0.4, 0.5) is 5.69 Å². The lowest BCUT2D eigenvalue weighted by atomic mass is 9.87. The molecule has 24 heavy (non-hydrogen) atoms. The minimum absolute atomic E-state index is 0.152. The van der Waals surface area contributed by atoms with Gasteiger partial charge in [-0.15, -0.1) is 0 Å². The van der Waals surface area contributed by atoms with Gasteiger partial charge in [-0.1, -0.05) is 68.1 Å². The molecule has 1 saturated carbocycles. The van der Waals surface area contributed by atoms with Gasteiger partial charge in [0, 0.05) is 16.3 Å². The van der Waals surface area contributed by atoms with Crippen molar-refractivity contribution in [2.24, 2.45) is 5.92 Å². The highest BCUT2D eigenvalue weighted by molar-refractivity contribution is 7.99. The summed E-state index contributed by atoms with van der Waals surface area (Å²) in [6.07, 6.45) is 7.87. The molecule has 0 N–H and O–H groups in total. The van der Waals surface area contributed by atoms with Gasteiger partial charge in [0.1, 0.15) is 0 Å². The number of hydrogen-bond donors (Lipinski definition) is 0. The Balaban J connectivity index is 1.64. The van der Waals surface area contributed by atoms with Crippen LogP contribution in [0.5, 0.6) is 0 Å². The zero-order valence-electron chi connectivity index (χ0n) is 13.9. The van der Waals surface area contributed by atoms with E-state index in [2.05, 4.69) is 24.3 Å². The monoisotopic (exact) mass is 337 g/mol. The lowest BCUT2D eigenvalue weighted by Crippen LogP contribution is -2.33. The molecule has 2 aliphatic rings. The number of carbonyl (C=O) groups is 1. The Morgan fingerprint density at radius 1 is 0.917 bits per heavy atom. The fourth-order valence-electron chi connectivity index (χ4n) is 3.88. The van der Waals surface area contributed by atoms with E-state index in [0.717, 1.165) is 35.0 Å². The standard InChI is InChI=1S/C21H23NOS/c23-21-17-10-4-6-12-19(17)24-20-13-7-5-11-18(20)22(21)15-14-16-8-2-1-3-9-16/h4-7,10-13,16H,1-3,8-9,14-15H2. The molecule has 4 rings (SSSR count). The molecule has 2 nitrogen and oxygen atoms in total. The number of carbonyl (C=O) groups excluding carboxylic acids is 1. The largest absolute Gasteiger partial charge is 0.307 e. The summed E-state index contributed by atoms with van der Waals surface area (Å²) in [5.41, 5.74) is 1.90. The molecule has 124 valence electrons. The molecule has 0 radical (unpaired) electrons. The minimum Gasteiger partial charge on any atom is -0.307 e. The molecule has 1 heterocycles. The van der Waals surface area contributed by atoms with Gasteiger partial charge in [-0.05, 0) is 36.6 Å². The van der Waals surface area contributed by atoms with E-state index in [9.17, 15) is 4.79 Å². The fourth-order valence-corrected chi connectivity index (χ4v) is 4.96. The maximum absolute atomic E-state index is 13.2. The van der Waals surface area contributed by atoms with Crippen molar-refractivity contribution in [2.45, 2.75) is 48.3 Å². The second kappa shape index (κ2) is 7.02.